The van der Waals surface area contributed by atoms with Gasteiger partial charge in [-0.3, -0.25) is 0 Å². The van der Waals surface area contributed by atoms with E-state index in [9.17, 15) is 13.2 Å². The molecule has 0 bridgehead atoms. The molecule has 0 aliphatic carbocycles. The summed E-state index contributed by atoms with van der Waals surface area (Å²) < 4.78 is 32.6. The molecule has 118 valence electrons. The summed E-state index contributed by atoms with van der Waals surface area (Å²) in [5.41, 5.74) is -0.620. The van der Waals surface area contributed by atoms with Crippen molar-refractivity contribution in [3.63, 3.8) is 0 Å². The van der Waals surface area contributed by atoms with Gasteiger partial charge in [-0.25, -0.2) is 17.9 Å². The standard InChI is InChI=1S/C13H18BrNO5S/c1-4-20-13(2,3)8-15-21(18,19)11-6-5-9(12(16)17)7-10(11)14/h5-7,15H,4,8H2,1-3H3,(H,16,17). The van der Waals surface area contributed by atoms with Gasteiger partial charge in [0.15, 0.2) is 0 Å². The van der Waals surface area contributed by atoms with E-state index >= 15 is 0 Å². The van der Waals surface area contributed by atoms with E-state index in [-0.39, 0.29) is 21.5 Å². The zero-order chi connectivity index (χ0) is 16.3. The van der Waals surface area contributed by atoms with Crippen molar-refractivity contribution < 1.29 is 23.1 Å². The Hall–Kier alpha value is -0.960. The lowest BCUT2D eigenvalue weighted by Gasteiger charge is -2.24. The van der Waals surface area contributed by atoms with E-state index in [1.807, 2.05) is 6.92 Å². The third kappa shape index (κ3) is 5.06. The molecule has 0 spiro atoms. The molecule has 0 saturated carbocycles. The van der Waals surface area contributed by atoms with Crippen LogP contribution >= 0.6 is 15.9 Å². The van der Waals surface area contributed by atoms with Crippen LogP contribution in [0.5, 0.6) is 0 Å². The molecule has 1 rings (SSSR count). The van der Waals surface area contributed by atoms with E-state index < -0.39 is 21.6 Å². The molecular formula is C13H18BrNO5S. The van der Waals surface area contributed by atoms with Crippen LogP contribution < -0.4 is 4.72 Å². The van der Waals surface area contributed by atoms with Gasteiger partial charge in [-0.1, -0.05) is 0 Å². The van der Waals surface area contributed by atoms with Crippen molar-refractivity contribution in [2.45, 2.75) is 31.3 Å². The lowest BCUT2D eigenvalue weighted by Crippen LogP contribution is -2.40. The van der Waals surface area contributed by atoms with E-state index in [2.05, 4.69) is 20.7 Å². The Morgan fingerprint density at radius 1 is 1.43 bits per heavy atom. The first-order valence-electron chi connectivity index (χ1n) is 6.25. The molecule has 0 aromatic heterocycles. The fraction of sp³-hybridized carbons (Fsp3) is 0.462. The molecule has 1 aromatic carbocycles. The average Bonchev–Trinajstić information content (AvgIpc) is 2.36. The minimum Gasteiger partial charge on any atom is -0.478 e. The van der Waals surface area contributed by atoms with Crippen molar-refractivity contribution in [3.8, 4) is 0 Å². The SMILES string of the molecule is CCOC(C)(C)CNS(=O)(=O)c1ccc(C(=O)O)cc1Br. The van der Waals surface area contributed by atoms with E-state index in [4.69, 9.17) is 9.84 Å². The Labute approximate surface area is 132 Å². The first kappa shape index (κ1) is 18.1. The lowest BCUT2D eigenvalue weighted by molar-refractivity contribution is -0.00515. The second-order valence-corrected chi connectivity index (χ2v) is 7.56. The van der Waals surface area contributed by atoms with Crippen LogP contribution in [0.4, 0.5) is 0 Å². The monoisotopic (exact) mass is 379 g/mol. The van der Waals surface area contributed by atoms with Crippen molar-refractivity contribution in [3.05, 3.63) is 28.2 Å². The molecule has 0 radical (unpaired) electrons. The number of rotatable bonds is 7. The normalized spacial score (nSPS) is 12.4. The Morgan fingerprint density at radius 3 is 2.52 bits per heavy atom. The molecule has 0 aliphatic rings. The summed E-state index contributed by atoms with van der Waals surface area (Å²) in [5, 5.41) is 8.87. The number of sulfonamides is 1. The fourth-order valence-electron chi connectivity index (χ4n) is 1.64. The maximum atomic E-state index is 12.2. The molecule has 0 aliphatic heterocycles. The number of nitrogens with one attached hydrogen (secondary N) is 1. The van der Waals surface area contributed by atoms with Crippen molar-refractivity contribution in [2.24, 2.45) is 0 Å². The summed E-state index contributed by atoms with van der Waals surface area (Å²) in [6, 6.07) is 3.75. The number of carboxylic acid groups (broad SMARTS) is 1. The quantitative estimate of drug-likeness (QED) is 0.757. The maximum absolute atomic E-state index is 12.2. The van der Waals surface area contributed by atoms with Gasteiger partial charge >= 0.3 is 5.97 Å². The van der Waals surface area contributed by atoms with Crippen molar-refractivity contribution in [2.75, 3.05) is 13.2 Å². The van der Waals surface area contributed by atoms with Crippen LogP contribution in [-0.4, -0.2) is 38.2 Å². The van der Waals surface area contributed by atoms with Crippen LogP contribution in [0.1, 0.15) is 31.1 Å². The summed E-state index contributed by atoms with van der Waals surface area (Å²) >= 11 is 3.09. The largest absolute Gasteiger partial charge is 0.478 e. The highest BCUT2D eigenvalue weighted by Gasteiger charge is 2.24. The van der Waals surface area contributed by atoms with Gasteiger partial charge in [0.25, 0.3) is 0 Å². The van der Waals surface area contributed by atoms with Gasteiger partial charge in [0.2, 0.25) is 10.0 Å². The average molecular weight is 380 g/mol. The van der Waals surface area contributed by atoms with Crippen LogP contribution in [0, 0.1) is 0 Å². The Kier molecular flexibility index (Phi) is 5.92. The zero-order valence-corrected chi connectivity index (χ0v) is 14.4. The highest BCUT2D eigenvalue weighted by atomic mass is 79.9. The Bertz CT molecular complexity index is 627. The minimum absolute atomic E-state index is 0.00970. The minimum atomic E-state index is -3.75. The number of carboxylic acids is 1. The fourth-order valence-corrected chi connectivity index (χ4v) is 3.91. The van der Waals surface area contributed by atoms with Gasteiger partial charge in [-0.15, -0.1) is 0 Å². The number of hydrogen-bond acceptors (Lipinski definition) is 4. The van der Waals surface area contributed by atoms with Crippen LogP contribution in [0.2, 0.25) is 0 Å². The second-order valence-electron chi connectivity index (χ2n) is 4.97. The van der Waals surface area contributed by atoms with Gasteiger partial charge in [-0.2, -0.15) is 0 Å². The predicted octanol–water partition coefficient (Wildman–Crippen LogP) is 2.24. The topological polar surface area (TPSA) is 92.7 Å². The first-order valence-corrected chi connectivity index (χ1v) is 8.53. The number of ether oxygens (including phenoxy) is 1. The summed E-state index contributed by atoms with van der Waals surface area (Å²) in [7, 11) is -3.75. The van der Waals surface area contributed by atoms with Crippen LogP contribution in [0.25, 0.3) is 0 Å². The van der Waals surface area contributed by atoms with Crippen molar-refractivity contribution >= 4 is 31.9 Å². The molecule has 1 aromatic rings. The van der Waals surface area contributed by atoms with E-state index in [0.29, 0.717) is 6.61 Å². The van der Waals surface area contributed by atoms with Gasteiger partial charge < -0.3 is 9.84 Å². The first-order chi connectivity index (χ1) is 9.59. The smallest absolute Gasteiger partial charge is 0.335 e. The van der Waals surface area contributed by atoms with Gasteiger partial charge in [-0.05, 0) is 54.9 Å². The van der Waals surface area contributed by atoms with E-state index in [1.165, 1.54) is 18.2 Å². The van der Waals surface area contributed by atoms with Gasteiger partial charge in [0.1, 0.15) is 0 Å². The molecule has 6 nitrogen and oxygen atoms in total. The molecular weight excluding hydrogens is 362 g/mol. The second kappa shape index (κ2) is 6.87. The summed E-state index contributed by atoms with van der Waals surface area (Å²) in [5.74, 6) is -1.12. The molecule has 0 fully saturated rings. The summed E-state index contributed by atoms with van der Waals surface area (Å²) in [6.45, 7) is 5.97. The van der Waals surface area contributed by atoms with Gasteiger partial charge in [0.05, 0.1) is 16.1 Å². The van der Waals surface area contributed by atoms with Crippen LogP contribution in [-0.2, 0) is 14.8 Å². The molecule has 0 atom stereocenters. The molecule has 0 saturated heterocycles. The Morgan fingerprint density at radius 2 is 2.05 bits per heavy atom. The zero-order valence-electron chi connectivity index (χ0n) is 12.0. The van der Waals surface area contributed by atoms with Crippen molar-refractivity contribution in [1.82, 2.24) is 4.72 Å². The third-order valence-corrected chi connectivity index (χ3v) is 5.07. The predicted molar refractivity (Wildman–Crippen MR) is 82.0 cm³/mol. The lowest BCUT2D eigenvalue weighted by atomic mass is 10.1. The molecule has 0 amide bonds. The maximum Gasteiger partial charge on any atom is 0.335 e. The highest BCUT2D eigenvalue weighted by Crippen LogP contribution is 2.23. The van der Waals surface area contributed by atoms with Crippen molar-refractivity contribution in [1.29, 1.82) is 0 Å². The summed E-state index contributed by atoms with van der Waals surface area (Å²) in [4.78, 5) is 10.8. The number of aromatic carboxylic acids is 1. The highest BCUT2D eigenvalue weighted by molar-refractivity contribution is 9.10. The molecule has 21 heavy (non-hydrogen) atoms. The Balaban J connectivity index is 2.96. The number of carbonyl (C=O) groups is 1. The molecule has 2 N–H and O–H groups in total. The third-order valence-electron chi connectivity index (χ3n) is 2.69. The summed E-state index contributed by atoms with van der Waals surface area (Å²) in [6.07, 6.45) is 0. The number of halogens is 1. The van der Waals surface area contributed by atoms with Crippen LogP contribution in [0.3, 0.4) is 0 Å². The molecule has 8 heteroatoms. The number of hydrogen-bond donors (Lipinski definition) is 2. The van der Waals surface area contributed by atoms with Crippen LogP contribution in [0.15, 0.2) is 27.6 Å². The molecule has 0 unspecified atom stereocenters. The molecule has 0 heterocycles. The van der Waals surface area contributed by atoms with E-state index in [0.717, 1.165) is 0 Å². The van der Waals surface area contributed by atoms with E-state index in [1.54, 1.807) is 13.8 Å². The number of benzene rings is 1. The van der Waals surface area contributed by atoms with Gasteiger partial charge in [0, 0.05) is 17.6 Å².